The van der Waals surface area contributed by atoms with E-state index in [0.29, 0.717) is 5.25 Å². The number of fused-ring (bicyclic) bond motifs is 2. The molecule has 0 amide bonds. The summed E-state index contributed by atoms with van der Waals surface area (Å²) in [5.41, 5.74) is 2.98. The van der Waals surface area contributed by atoms with Gasteiger partial charge in [-0.3, -0.25) is 0 Å². The summed E-state index contributed by atoms with van der Waals surface area (Å²) in [6.07, 6.45) is 1.13. The molecule has 20 heavy (non-hydrogen) atoms. The first-order valence-electron chi connectivity index (χ1n) is 6.99. The Bertz CT molecular complexity index is 583. The predicted octanol–water partition coefficient (Wildman–Crippen LogP) is 4.39. The highest BCUT2D eigenvalue weighted by Gasteiger charge is 2.22. The molecule has 104 valence electrons. The van der Waals surface area contributed by atoms with Crippen LogP contribution in [0.5, 0.6) is 0 Å². The molecule has 1 atom stereocenters. The minimum atomic E-state index is 0.565. The fourth-order valence-electron chi connectivity index (χ4n) is 2.49. The molecular formula is C17H19NS2. The van der Waals surface area contributed by atoms with Crippen LogP contribution in [0.4, 0.5) is 0 Å². The fourth-order valence-corrected chi connectivity index (χ4v) is 5.00. The molecule has 0 aliphatic carbocycles. The summed E-state index contributed by atoms with van der Waals surface area (Å²) < 4.78 is 0. The maximum Gasteiger partial charge on any atom is 0.0349 e. The van der Waals surface area contributed by atoms with Gasteiger partial charge in [0.15, 0.2) is 0 Å². The maximum absolute atomic E-state index is 3.24. The molecule has 1 N–H and O–H groups in total. The van der Waals surface area contributed by atoms with Crippen molar-refractivity contribution in [3.8, 4) is 0 Å². The quantitative estimate of drug-likeness (QED) is 0.841. The minimum Gasteiger partial charge on any atom is -0.319 e. The zero-order valence-electron chi connectivity index (χ0n) is 11.6. The molecule has 1 aliphatic rings. The number of benzene rings is 2. The van der Waals surface area contributed by atoms with Gasteiger partial charge in [0, 0.05) is 27.3 Å². The van der Waals surface area contributed by atoms with Crippen molar-refractivity contribution < 1.29 is 0 Å². The van der Waals surface area contributed by atoms with E-state index < -0.39 is 0 Å². The zero-order valence-corrected chi connectivity index (χ0v) is 13.3. The van der Waals surface area contributed by atoms with Crippen molar-refractivity contribution in [2.75, 3.05) is 19.3 Å². The topological polar surface area (TPSA) is 12.0 Å². The first kappa shape index (κ1) is 14.1. The van der Waals surface area contributed by atoms with Gasteiger partial charge in [-0.1, -0.05) is 48.2 Å². The van der Waals surface area contributed by atoms with Crippen LogP contribution < -0.4 is 5.32 Å². The lowest BCUT2D eigenvalue weighted by Crippen LogP contribution is -2.11. The number of hydrogen-bond donors (Lipinski definition) is 1. The standard InChI is InChI=1S/C17H19NS2/c1-18-10-11-19-17-12-13-6-2-4-8-15(13)20-16-9-5-3-7-14(16)17/h2-9,17-18H,10-12H2,1H3. The van der Waals surface area contributed by atoms with Crippen LogP contribution in [0.3, 0.4) is 0 Å². The van der Waals surface area contributed by atoms with Crippen molar-refractivity contribution in [1.29, 1.82) is 0 Å². The van der Waals surface area contributed by atoms with Gasteiger partial charge >= 0.3 is 0 Å². The van der Waals surface area contributed by atoms with E-state index in [9.17, 15) is 0 Å². The molecule has 0 aromatic heterocycles. The lowest BCUT2D eigenvalue weighted by atomic mass is 10.0. The highest BCUT2D eigenvalue weighted by molar-refractivity contribution is 8.00. The van der Waals surface area contributed by atoms with Gasteiger partial charge in [0.05, 0.1) is 0 Å². The molecule has 0 saturated heterocycles. The van der Waals surface area contributed by atoms with E-state index in [-0.39, 0.29) is 0 Å². The third kappa shape index (κ3) is 3.05. The average Bonchev–Trinajstić information content (AvgIpc) is 2.64. The molecule has 2 aromatic rings. The van der Waals surface area contributed by atoms with Gasteiger partial charge in [-0.15, -0.1) is 0 Å². The van der Waals surface area contributed by atoms with E-state index in [1.165, 1.54) is 20.9 Å². The third-order valence-corrected chi connectivity index (χ3v) is 6.01. The van der Waals surface area contributed by atoms with E-state index in [2.05, 4.69) is 65.6 Å². The van der Waals surface area contributed by atoms with Crippen LogP contribution in [0.15, 0.2) is 58.3 Å². The summed E-state index contributed by atoms with van der Waals surface area (Å²) in [5, 5.41) is 3.81. The van der Waals surface area contributed by atoms with Crippen molar-refractivity contribution in [3.63, 3.8) is 0 Å². The summed E-state index contributed by atoms with van der Waals surface area (Å²) in [7, 11) is 2.02. The van der Waals surface area contributed by atoms with Gasteiger partial charge in [0.2, 0.25) is 0 Å². The van der Waals surface area contributed by atoms with Crippen LogP contribution in [-0.4, -0.2) is 19.3 Å². The fraction of sp³-hybridized carbons (Fsp3) is 0.294. The molecule has 0 bridgehead atoms. The summed E-state index contributed by atoms with van der Waals surface area (Å²) in [5.74, 6) is 1.16. The van der Waals surface area contributed by atoms with Crippen LogP contribution in [0.2, 0.25) is 0 Å². The van der Waals surface area contributed by atoms with Gasteiger partial charge in [-0.25, -0.2) is 0 Å². The number of thioether (sulfide) groups is 1. The van der Waals surface area contributed by atoms with Crippen LogP contribution in [-0.2, 0) is 6.42 Å². The Morgan fingerprint density at radius 3 is 2.70 bits per heavy atom. The Morgan fingerprint density at radius 2 is 1.85 bits per heavy atom. The van der Waals surface area contributed by atoms with Crippen molar-refractivity contribution >= 4 is 23.5 Å². The highest BCUT2D eigenvalue weighted by Crippen LogP contribution is 2.45. The molecule has 0 fully saturated rings. The van der Waals surface area contributed by atoms with Gasteiger partial charge in [-0.05, 0) is 36.7 Å². The van der Waals surface area contributed by atoms with Crippen LogP contribution in [0, 0.1) is 0 Å². The summed E-state index contributed by atoms with van der Waals surface area (Å²) in [4.78, 5) is 2.83. The van der Waals surface area contributed by atoms with E-state index in [0.717, 1.165) is 18.7 Å². The Kier molecular flexibility index (Phi) is 4.71. The van der Waals surface area contributed by atoms with Gasteiger partial charge in [0.25, 0.3) is 0 Å². The number of nitrogens with one attached hydrogen (secondary N) is 1. The van der Waals surface area contributed by atoms with Gasteiger partial charge < -0.3 is 5.32 Å². The number of hydrogen-bond acceptors (Lipinski definition) is 3. The molecule has 1 nitrogen and oxygen atoms in total. The molecule has 0 spiro atoms. The number of rotatable bonds is 4. The van der Waals surface area contributed by atoms with Crippen LogP contribution in [0.25, 0.3) is 0 Å². The highest BCUT2D eigenvalue weighted by atomic mass is 32.2. The Hall–Kier alpha value is -0.900. The second-order valence-electron chi connectivity index (χ2n) is 4.91. The largest absolute Gasteiger partial charge is 0.319 e. The predicted molar refractivity (Wildman–Crippen MR) is 89.8 cm³/mol. The monoisotopic (exact) mass is 301 g/mol. The maximum atomic E-state index is 3.24. The van der Waals surface area contributed by atoms with Crippen molar-refractivity contribution in [1.82, 2.24) is 5.32 Å². The summed E-state index contributed by atoms with van der Waals surface area (Å²) >= 11 is 3.98. The van der Waals surface area contributed by atoms with E-state index in [1.54, 1.807) is 0 Å². The second kappa shape index (κ2) is 6.70. The summed E-state index contributed by atoms with van der Waals surface area (Å²) in [6, 6.07) is 17.7. The molecular weight excluding hydrogens is 282 g/mol. The van der Waals surface area contributed by atoms with Crippen LogP contribution in [0.1, 0.15) is 16.4 Å². The molecule has 0 radical (unpaired) electrons. The average molecular weight is 301 g/mol. The molecule has 2 aromatic carbocycles. The van der Waals surface area contributed by atoms with Crippen LogP contribution >= 0.6 is 23.5 Å². The smallest absolute Gasteiger partial charge is 0.0349 e. The van der Waals surface area contributed by atoms with Crippen molar-refractivity contribution in [3.05, 3.63) is 59.7 Å². The molecule has 3 rings (SSSR count). The summed E-state index contributed by atoms with van der Waals surface area (Å²) in [6.45, 7) is 1.07. The van der Waals surface area contributed by atoms with Crippen molar-refractivity contribution in [2.45, 2.75) is 21.5 Å². The second-order valence-corrected chi connectivity index (χ2v) is 7.31. The van der Waals surface area contributed by atoms with Crippen molar-refractivity contribution in [2.24, 2.45) is 0 Å². The first-order valence-corrected chi connectivity index (χ1v) is 8.86. The molecule has 3 heteroatoms. The third-order valence-electron chi connectivity index (χ3n) is 3.53. The zero-order chi connectivity index (χ0) is 13.8. The van der Waals surface area contributed by atoms with E-state index >= 15 is 0 Å². The minimum absolute atomic E-state index is 0.565. The molecule has 1 aliphatic heterocycles. The van der Waals surface area contributed by atoms with Gasteiger partial charge in [0.1, 0.15) is 0 Å². The van der Waals surface area contributed by atoms with Gasteiger partial charge in [-0.2, -0.15) is 11.8 Å². The van der Waals surface area contributed by atoms with E-state index in [4.69, 9.17) is 0 Å². The Labute approximate surface area is 129 Å². The Morgan fingerprint density at radius 1 is 1.10 bits per heavy atom. The molecule has 1 heterocycles. The lowest BCUT2D eigenvalue weighted by molar-refractivity contribution is 0.858. The SMILES string of the molecule is CNCCSC1Cc2ccccc2Sc2ccccc21. The Balaban J connectivity index is 1.93. The lowest BCUT2D eigenvalue weighted by Gasteiger charge is -2.17. The van der Waals surface area contributed by atoms with E-state index in [1.807, 2.05) is 18.8 Å². The molecule has 1 unspecified atom stereocenters. The first-order chi connectivity index (χ1) is 9.88. The molecule has 0 saturated carbocycles. The normalized spacial score (nSPS) is 17.1.